The number of nitrogens with zero attached hydrogens (tertiary/aromatic N) is 2. The van der Waals surface area contributed by atoms with Gasteiger partial charge in [0.05, 0.1) is 16.3 Å². The van der Waals surface area contributed by atoms with E-state index in [1.807, 2.05) is 37.3 Å². The van der Waals surface area contributed by atoms with E-state index in [2.05, 4.69) is 10.4 Å². The fraction of sp³-hybridized carbons (Fsp3) is 0.0526. The maximum atomic E-state index is 13.3. The van der Waals surface area contributed by atoms with Gasteiger partial charge in [0.15, 0.2) is 11.6 Å². The van der Waals surface area contributed by atoms with Gasteiger partial charge in [-0.1, -0.05) is 18.2 Å². The van der Waals surface area contributed by atoms with Gasteiger partial charge in [0.25, 0.3) is 5.91 Å². The van der Waals surface area contributed by atoms with Gasteiger partial charge in [0.1, 0.15) is 4.83 Å². The minimum absolute atomic E-state index is 0.202. The predicted octanol–water partition coefficient (Wildman–Crippen LogP) is 4.93. The molecule has 0 aliphatic rings. The molecule has 7 heteroatoms. The molecule has 0 spiro atoms. The number of para-hydroxylation sites is 1. The van der Waals surface area contributed by atoms with Crippen LogP contribution >= 0.6 is 11.3 Å². The Kier molecular flexibility index (Phi) is 4.00. The second-order valence-corrected chi connectivity index (χ2v) is 6.78. The Morgan fingerprint density at radius 3 is 2.58 bits per heavy atom. The highest BCUT2D eigenvalue weighted by Crippen LogP contribution is 2.31. The summed E-state index contributed by atoms with van der Waals surface area (Å²) >= 11 is 1.29. The number of aromatic nitrogens is 2. The topological polar surface area (TPSA) is 46.9 Å². The Morgan fingerprint density at radius 2 is 1.85 bits per heavy atom. The number of benzene rings is 2. The maximum absolute atomic E-state index is 13.3. The van der Waals surface area contributed by atoms with Crippen LogP contribution in [0.1, 0.15) is 15.4 Å². The Balaban J connectivity index is 1.69. The van der Waals surface area contributed by atoms with Crippen LogP contribution in [0.3, 0.4) is 0 Å². The number of fused-ring (bicyclic) bond motifs is 1. The molecule has 130 valence electrons. The Hall–Kier alpha value is -3.06. The first-order chi connectivity index (χ1) is 12.5. The summed E-state index contributed by atoms with van der Waals surface area (Å²) in [6.45, 7) is 1.88. The number of aryl methyl sites for hydroxylation is 1. The van der Waals surface area contributed by atoms with Crippen molar-refractivity contribution < 1.29 is 13.6 Å². The van der Waals surface area contributed by atoms with Crippen LogP contribution in [0.5, 0.6) is 0 Å². The molecule has 0 bridgehead atoms. The molecule has 0 saturated heterocycles. The molecule has 4 aromatic rings. The van der Waals surface area contributed by atoms with Crippen molar-refractivity contribution in [3.63, 3.8) is 0 Å². The van der Waals surface area contributed by atoms with Crippen molar-refractivity contribution in [1.82, 2.24) is 9.78 Å². The summed E-state index contributed by atoms with van der Waals surface area (Å²) < 4.78 is 28.1. The predicted molar refractivity (Wildman–Crippen MR) is 98.0 cm³/mol. The van der Waals surface area contributed by atoms with Crippen LogP contribution in [0.15, 0.2) is 54.6 Å². The summed E-state index contributed by atoms with van der Waals surface area (Å²) in [5.41, 5.74) is 1.92. The van der Waals surface area contributed by atoms with Gasteiger partial charge in [-0.15, -0.1) is 11.3 Å². The van der Waals surface area contributed by atoms with Crippen LogP contribution in [0.4, 0.5) is 14.5 Å². The molecule has 2 aromatic carbocycles. The zero-order chi connectivity index (χ0) is 18.3. The van der Waals surface area contributed by atoms with Crippen molar-refractivity contribution in [3.8, 4) is 5.69 Å². The lowest BCUT2D eigenvalue weighted by Gasteiger charge is -2.04. The number of anilines is 1. The number of carbonyl (C=O) groups is 1. The molecule has 1 amide bonds. The lowest BCUT2D eigenvalue weighted by molar-refractivity contribution is 0.103. The number of hydrogen-bond donors (Lipinski definition) is 1. The highest BCUT2D eigenvalue weighted by molar-refractivity contribution is 7.20. The molecular formula is C19H13F2N3OS. The molecule has 0 fully saturated rings. The van der Waals surface area contributed by atoms with Crippen LogP contribution in [0.25, 0.3) is 15.9 Å². The lowest BCUT2D eigenvalue weighted by Crippen LogP contribution is -2.10. The SMILES string of the molecule is Cc1nn(-c2ccccc2)c2sc(C(=O)Nc3ccc(F)c(F)c3)cc12. The summed E-state index contributed by atoms with van der Waals surface area (Å²) in [6, 6.07) is 14.7. The van der Waals surface area contributed by atoms with Crippen molar-refractivity contribution in [1.29, 1.82) is 0 Å². The van der Waals surface area contributed by atoms with Crippen molar-refractivity contribution in [2.24, 2.45) is 0 Å². The van der Waals surface area contributed by atoms with Crippen molar-refractivity contribution >= 4 is 33.1 Å². The van der Waals surface area contributed by atoms with Gasteiger partial charge in [-0.25, -0.2) is 13.5 Å². The van der Waals surface area contributed by atoms with Crippen LogP contribution < -0.4 is 5.32 Å². The number of halogens is 2. The molecule has 1 N–H and O–H groups in total. The van der Waals surface area contributed by atoms with E-state index < -0.39 is 11.6 Å². The molecule has 4 rings (SSSR count). The molecule has 0 aliphatic heterocycles. The van der Waals surface area contributed by atoms with Gasteiger partial charge in [-0.05, 0) is 37.3 Å². The third-order valence-electron chi connectivity index (χ3n) is 3.95. The van der Waals surface area contributed by atoms with Gasteiger partial charge < -0.3 is 5.32 Å². The van der Waals surface area contributed by atoms with E-state index in [4.69, 9.17) is 0 Å². The third-order valence-corrected chi connectivity index (χ3v) is 5.06. The molecular weight excluding hydrogens is 356 g/mol. The molecule has 0 atom stereocenters. The Labute approximate surface area is 151 Å². The molecule has 2 aromatic heterocycles. The second-order valence-electron chi connectivity index (χ2n) is 5.75. The average Bonchev–Trinajstić information content (AvgIpc) is 3.20. The Bertz CT molecular complexity index is 1120. The molecule has 0 saturated carbocycles. The number of amides is 1. The number of hydrogen-bond acceptors (Lipinski definition) is 3. The summed E-state index contributed by atoms with van der Waals surface area (Å²) in [5, 5.41) is 8.00. The van der Waals surface area contributed by atoms with Gasteiger partial charge >= 0.3 is 0 Å². The number of nitrogens with one attached hydrogen (secondary N) is 1. The molecule has 0 radical (unpaired) electrons. The number of carbonyl (C=O) groups excluding carboxylic acids is 1. The van der Waals surface area contributed by atoms with Crippen molar-refractivity contribution in [2.45, 2.75) is 6.92 Å². The maximum Gasteiger partial charge on any atom is 0.265 e. The first kappa shape index (κ1) is 16.4. The zero-order valence-corrected chi connectivity index (χ0v) is 14.5. The van der Waals surface area contributed by atoms with E-state index in [9.17, 15) is 13.6 Å². The van der Waals surface area contributed by atoms with Gasteiger partial charge in [-0.2, -0.15) is 5.10 Å². The fourth-order valence-corrected chi connectivity index (χ4v) is 3.75. The highest BCUT2D eigenvalue weighted by atomic mass is 32.1. The van der Waals surface area contributed by atoms with E-state index in [1.165, 1.54) is 17.4 Å². The largest absolute Gasteiger partial charge is 0.321 e. The normalized spacial score (nSPS) is 11.0. The monoisotopic (exact) mass is 369 g/mol. The van der Waals surface area contributed by atoms with Crippen LogP contribution in [0, 0.1) is 18.6 Å². The molecule has 26 heavy (non-hydrogen) atoms. The molecule has 0 aliphatic carbocycles. The van der Waals surface area contributed by atoms with E-state index in [1.54, 1.807) is 10.7 Å². The quantitative estimate of drug-likeness (QED) is 0.557. The van der Waals surface area contributed by atoms with Crippen molar-refractivity contribution in [3.05, 3.63) is 76.8 Å². The first-order valence-electron chi connectivity index (χ1n) is 7.84. The summed E-state index contributed by atoms with van der Waals surface area (Å²) in [6.07, 6.45) is 0. The highest BCUT2D eigenvalue weighted by Gasteiger charge is 2.17. The molecule has 2 heterocycles. The lowest BCUT2D eigenvalue weighted by atomic mass is 10.2. The van der Waals surface area contributed by atoms with Gasteiger partial charge in [0, 0.05) is 17.1 Å². The van der Waals surface area contributed by atoms with E-state index >= 15 is 0 Å². The van der Waals surface area contributed by atoms with E-state index in [0.29, 0.717) is 4.88 Å². The minimum atomic E-state index is -1.00. The van der Waals surface area contributed by atoms with Crippen LogP contribution in [0.2, 0.25) is 0 Å². The van der Waals surface area contributed by atoms with Crippen LogP contribution in [-0.2, 0) is 0 Å². The smallest absolute Gasteiger partial charge is 0.265 e. The Morgan fingerprint density at radius 1 is 1.08 bits per heavy atom. The van der Waals surface area contributed by atoms with E-state index in [-0.39, 0.29) is 11.6 Å². The van der Waals surface area contributed by atoms with Gasteiger partial charge in [-0.3, -0.25) is 4.79 Å². The number of thiophene rings is 1. The minimum Gasteiger partial charge on any atom is -0.321 e. The van der Waals surface area contributed by atoms with E-state index in [0.717, 1.165) is 33.7 Å². The number of rotatable bonds is 3. The summed E-state index contributed by atoms with van der Waals surface area (Å²) in [7, 11) is 0. The zero-order valence-electron chi connectivity index (χ0n) is 13.7. The second kappa shape index (κ2) is 6.34. The fourth-order valence-electron chi connectivity index (χ4n) is 2.67. The van der Waals surface area contributed by atoms with Crippen molar-refractivity contribution in [2.75, 3.05) is 5.32 Å². The first-order valence-corrected chi connectivity index (χ1v) is 8.65. The van der Waals surface area contributed by atoms with Gasteiger partial charge in [0.2, 0.25) is 0 Å². The summed E-state index contributed by atoms with van der Waals surface area (Å²) in [4.78, 5) is 13.8. The third kappa shape index (κ3) is 2.86. The molecule has 4 nitrogen and oxygen atoms in total. The summed E-state index contributed by atoms with van der Waals surface area (Å²) in [5.74, 6) is -2.34. The molecule has 0 unspecified atom stereocenters. The standard InChI is InChI=1S/C19H13F2N3OS/c1-11-14-10-17(18(25)22-12-7-8-15(20)16(21)9-12)26-19(14)24(23-11)13-5-3-2-4-6-13/h2-10H,1H3,(H,22,25). The van der Waals surface area contributed by atoms with Crippen LogP contribution in [-0.4, -0.2) is 15.7 Å². The average molecular weight is 369 g/mol.